The van der Waals surface area contributed by atoms with E-state index in [1.165, 1.54) is 48.9 Å². The van der Waals surface area contributed by atoms with Gasteiger partial charge in [0.25, 0.3) is 0 Å². The van der Waals surface area contributed by atoms with Gasteiger partial charge in [-0.15, -0.1) is 0 Å². The molecule has 0 aliphatic carbocycles. The van der Waals surface area contributed by atoms with Crippen LogP contribution in [0.5, 0.6) is 0 Å². The summed E-state index contributed by atoms with van der Waals surface area (Å²) in [7, 11) is 2.15. The maximum absolute atomic E-state index is 2.33. The molecule has 5 aromatic carbocycles. The molecule has 0 nitrogen and oxygen atoms in total. The molecule has 0 unspecified atom stereocenters. The third kappa shape index (κ3) is 2.32. The van der Waals surface area contributed by atoms with Crippen molar-refractivity contribution in [1.82, 2.24) is 0 Å². The number of fused-ring (bicyclic) bond motifs is 4. The predicted molar refractivity (Wildman–Crippen MR) is 113 cm³/mol. The van der Waals surface area contributed by atoms with Crippen molar-refractivity contribution in [3.8, 4) is 11.1 Å². The second-order valence-corrected chi connectivity index (χ2v) is 6.76. The van der Waals surface area contributed by atoms with Gasteiger partial charge in [-0.3, -0.25) is 0 Å². The van der Waals surface area contributed by atoms with Crippen molar-refractivity contribution in [2.45, 2.75) is 0 Å². The Morgan fingerprint density at radius 1 is 0.480 bits per heavy atom. The van der Waals surface area contributed by atoms with Crippen LogP contribution < -0.4 is 5.46 Å². The van der Waals surface area contributed by atoms with Crippen LogP contribution in [-0.4, -0.2) is 7.85 Å². The molecule has 0 aromatic heterocycles. The molecule has 0 bridgehead atoms. The molecule has 25 heavy (non-hydrogen) atoms. The second-order valence-electron chi connectivity index (χ2n) is 6.76. The number of hydrogen-bond acceptors (Lipinski definition) is 0. The van der Waals surface area contributed by atoms with E-state index in [1.807, 2.05) is 0 Å². The van der Waals surface area contributed by atoms with Crippen molar-refractivity contribution >= 4 is 45.6 Å². The molecule has 0 fully saturated rings. The molecule has 0 N–H and O–H groups in total. The SMILES string of the molecule is Bc1cccc(-c2cccc3c2ccc2cc4ccccc4cc23)c1. The van der Waals surface area contributed by atoms with Gasteiger partial charge in [-0.05, 0) is 55.6 Å². The molecule has 1 heteroatoms. The highest BCUT2D eigenvalue weighted by Gasteiger charge is 2.07. The van der Waals surface area contributed by atoms with E-state index in [9.17, 15) is 0 Å². The van der Waals surface area contributed by atoms with Crippen LogP contribution in [0.2, 0.25) is 0 Å². The molecule has 0 aliphatic heterocycles. The third-order valence-electron chi connectivity index (χ3n) is 5.07. The third-order valence-corrected chi connectivity index (χ3v) is 5.07. The van der Waals surface area contributed by atoms with Gasteiger partial charge in [-0.25, -0.2) is 0 Å². The molecular weight excluding hydrogens is 299 g/mol. The Labute approximate surface area is 148 Å². The first-order chi connectivity index (χ1) is 12.3. The Balaban J connectivity index is 1.88. The quantitative estimate of drug-likeness (QED) is 0.230. The first-order valence-electron chi connectivity index (χ1n) is 8.71. The van der Waals surface area contributed by atoms with Crippen LogP contribution in [0.4, 0.5) is 0 Å². The smallest absolute Gasteiger partial charge is 0.0884 e. The summed E-state index contributed by atoms with van der Waals surface area (Å²) >= 11 is 0. The van der Waals surface area contributed by atoms with Crippen LogP contribution in [0, 0.1) is 0 Å². The minimum atomic E-state index is 1.28. The zero-order chi connectivity index (χ0) is 16.8. The van der Waals surface area contributed by atoms with E-state index in [4.69, 9.17) is 0 Å². The Kier molecular flexibility index (Phi) is 3.14. The van der Waals surface area contributed by atoms with Crippen molar-refractivity contribution in [1.29, 1.82) is 0 Å². The first kappa shape index (κ1) is 14.3. The Bertz CT molecular complexity index is 1250. The highest BCUT2D eigenvalue weighted by molar-refractivity contribution is 6.32. The Hall–Kier alpha value is -3.06. The van der Waals surface area contributed by atoms with Crippen molar-refractivity contribution < 1.29 is 0 Å². The molecule has 0 amide bonds. The summed E-state index contributed by atoms with van der Waals surface area (Å²) in [6, 6.07) is 33.1. The average Bonchev–Trinajstić information content (AvgIpc) is 2.66. The lowest BCUT2D eigenvalue weighted by atomic mass is 9.89. The van der Waals surface area contributed by atoms with Crippen LogP contribution >= 0.6 is 0 Å². The molecule has 116 valence electrons. The lowest BCUT2D eigenvalue weighted by molar-refractivity contribution is 1.69. The summed E-state index contributed by atoms with van der Waals surface area (Å²) in [6.45, 7) is 0. The van der Waals surface area contributed by atoms with Crippen molar-refractivity contribution in [3.05, 3.63) is 91.0 Å². The summed E-state index contributed by atoms with van der Waals surface area (Å²) in [5.41, 5.74) is 3.88. The van der Waals surface area contributed by atoms with E-state index >= 15 is 0 Å². The molecule has 5 rings (SSSR count). The molecule has 0 atom stereocenters. The molecule has 0 heterocycles. The maximum atomic E-state index is 2.33. The van der Waals surface area contributed by atoms with Gasteiger partial charge in [0, 0.05) is 0 Å². The molecule has 5 aromatic rings. The number of hydrogen-bond donors (Lipinski definition) is 0. The fourth-order valence-corrected chi connectivity index (χ4v) is 3.85. The van der Waals surface area contributed by atoms with Gasteiger partial charge in [0.15, 0.2) is 0 Å². The van der Waals surface area contributed by atoms with E-state index in [-0.39, 0.29) is 0 Å². The minimum Gasteiger partial charge on any atom is -0.0884 e. The van der Waals surface area contributed by atoms with E-state index < -0.39 is 0 Å². The largest absolute Gasteiger partial charge is 0.139 e. The van der Waals surface area contributed by atoms with Crippen LogP contribution in [0.25, 0.3) is 43.4 Å². The second kappa shape index (κ2) is 5.49. The van der Waals surface area contributed by atoms with Gasteiger partial charge in [0.2, 0.25) is 0 Å². The molecule has 0 saturated carbocycles. The predicted octanol–water partition coefficient (Wildman–Crippen LogP) is 5.07. The van der Waals surface area contributed by atoms with Crippen LogP contribution in [0.1, 0.15) is 0 Å². The maximum Gasteiger partial charge on any atom is 0.139 e. The normalized spacial score (nSPS) is 11.4. The standard InChI is InChI=1S/C24H17B/c25-20-8-3-7-18(14-20)21-9-4-10-22-23(21)12-11-19-13-16-5-1-2-6-17(16)15-24(19)22/h1-15H,25H2. The van der Waals surface area contributed by atoms with Gasteiger partial charge in [0.05, 0.1) is 0 Å². The van der Waals surface area contributed by atoms with Gasteiger partial charge >= 0.3 is 0 Å². The topological polar surface area (TPSA) is 0 Å². The molecule has 0 aliphatic rings. The van der Waals surface area contributed by atoms with Gasteiger partial charge < -0.3 is 0 Å². The Morgan fingerprint density at radius 3 is 2.12 bits per heavy atom. The first-order valence-corrected chi connectivity index (χ1v) is 8.71. The number of rotatable bonds is 1. The monoisotopic (exact) mass is 316 g/mol. The highest BCUT2D eigenvalue weighted by atomic mass is 14.1. The molecule has 0 spiro atoms. The Morgan fingerprint density at radius 2 is 1.28 bits per heavy atom. The van der Waals surface area contributed by atoms with Gasteiger partial charge in [-0.2, -0.15) is 0 Å². The lowest BCUT2D eigenvalue weighted by Crippen LogP contribution is -2.00. The van der Waals surface area contributed by atoms with Crippen LogP contribution in [-0.2, 0) is 0 Å². The van der Waals surface area contributed by atoms with E-state index in [0.29, 0.717) is 0 Å². The summed E-state index contributed by atoms with van der Waals surface area (Å²) < 4.78 is 0. The van der Waals surface area contributed by atoms with Gasteiger partial charge in [-0.1, -0.05) is 84.3 Å². The summed E-state index contributed by atoms with van der Waals surface area (Å²) in [4.78, 5) is 0. The zero-order valence-electron chi connectivity index (χ0n) is 14.2. The van der Waals surface area contributed by atoms with E-state index in [2.05, 4.69) is 98.8 Å². The summed E-state index contributed by atoms with van der Waals surface area (Å²) in [5, 5.41) is 7.85. The fourth-order valence-electron chi connectivity index (χ4n) is 3.85. The van der Waals surface area contributed by atoms with Crippen LogP contribution in [0.15, 0.2) is 91.0 Å². The van der Waals surface area contributed by atoms with Crippen molar-refractivity contribution in [2.24, 2.45) is 0 Å². The van der Waals surface area contributed by atoms with E-state index in [1.54, 1.807) is 0 Å². The molecular formula is C24H17B. The van der Waals surface area contributed by atoms with Crippen LogP contribution in [0.3, 0.4) is 0 Å². The summed E-state index contributed by atoms with van der Waals surface area (Å²) in [5.74, 6) is 0. The molecule has 0 saturated heterocycles. The zero-order valence-corrected chi connectivity index (χ0v) is 14.2. The van der Waals surface area contributed by atoms with Crippen molar-refractivity contribution in [3.63, 3.8) is 0 Å². The number of benzene rings is 5. The average molecular weight is 316 g/mol. The van der Waals surface area contributed by atoms with Crippen molar-refractivity contribution in [2.75, 3.05) is 0 Å². The summed E-state index contributed by atoms with van der Waals surface area (Å²) in [6.07, 6.45) is 0. The van der Waals surface area contributed by atoms with E-state index in [0.717, 1.165) is 0 Å². The minimum absolute atomic E-state index is 1.28. The van der Waals surface area contributed by atoms with Gasteiger partial charge in [0.1, 0.15) is 7.85 Å². The highest BCUT2D eigenvalue weighted by Crippen LogP contribution is 2.34. The fraction of sp³-hybridized carbons (Fsp3) is 0. The molecule has 0 radical (unpaired) electrons. The lowest BCUT2D eigenvalue weighted by Gasteiger charge is -2.11.